The Labute approximate surface area is 112 Å². The number of hydrogen-bond donors (Lipinski definition) is 2. The molecule has 0 fully saturated rings. The molecule has 0 radical (unpaired) electrons. The minimum absolute atomic E-state index is 0.539. The molecule has 3 N–H and O–H groups in total. The van der Waals surface area contributed by atoms with E-state index in [1.54, 1.807) is 7.11 Å². The monoisotopic (exact) mass is 300 g/mol. The third kappa shape index (κ3) is 5.06. The van der Waals surface area contributed by atoms with E-state index < -0.39 is 0 Å². The Morgan fingerprint density at radius 3 is 2.82 bits per heavy atom. The number of ether oxygens (including phenoxy) is 1. The molecule has 17 heavy (non-hydrogen) atoms. The van der Waals surface area contributed by atoms with Gasteiger partial charge in [-0.2, -0.15) is 0 Å². The molecule has 0 spiro atoms. The first-order valence-electron chi connectivity index (χ1n) is 5.90. The van der Waals surface area contributed by atoms with Gasteiger partial charge in [0.15, 0.2) is 0 Å². The summed E-state index contributed by atoms with van der Waals surface area (Å²) in [6.45, 7) is 4.84. The maximum absolute atomic E-state index is 5.56. The van der Waals surface area contributed by atoms with E-state index in [9.17, 15) is 0 Å². The Balaban J connectivity index is 2.34. The van der Waals surface area contributed by atoms with Crippen LogP contribution in [0.2, 0.25) is 0 Å². The van der Waals surface area contributed by atoms with Crippen LogP contribution in [0.1, 0.15) is 12.5 Å². The van der Waals surface area contributed by atoms with Crippen molar-refractivity contribution in [1.82, 2.24) is 5.32 Å². The van der Waals surface area contributed by atoms with Gasteiger partial charge in [-0.05, 0) is 65.6 Å². The minimum Gasteiger partial charge on any atom is -0.496 e. The van der Waals surface area contributed by atoms with Crippen LogP contribution in [0.25, 0.3) is 0 Å². The summed E-state index contributed by atoms with van der Waals surface area (Å²) < 4.78 is 6.20. The van der Waals surface area contributed by atoms with Gasteiger partial charge >= 0.3 is 0 Å². The van der Waals surface area contributed by atoms with Crippen LogP contribution in [0.4, 0.5) is 0 Å². The van der Waals surface area contributed by atoms with Crippen molar-refractivity contribution in [3.05, 3.63) is 28.2 Å². The number of nitrogens with one attached hydrogen (secondary N) is 1. The van der Waals surface area contributed by atoms with Gasteiger partial charge in [-0.1, -0.05) is 13.0 Å². The standard InChI is InChI=1S/C13H21BrN2O/c1-10(8-15)9-16-6-5-11-3-4-13(17-2)12(14)7-11/h3-4,7,10,16H,5-6,8-9,15H2,1-2H3. The average molecular weight is 301 g/mol. The molecule has 0 bridgehead atoms. The van der Waals surface area contributed by atoms with Crippen LogP contribution in [0.5, 0.6) is 5.75 Å². The third-order valence-electron chi connectivity index (χ3n) is 2.70. The first-order valence-corrected chi connectivity index (χ1v) is 6.70. The first-order chi connectivity index (χ1) is 8.17. The smallest absolute Gasteiger partial charge is 0.133 e. The summed E-state index contributed by atoms with van der Waals surface area (Å²) in [6.07, 6.45) is 1.01. The SMILES string of the molecule is COc1ccc(CCNCC(C)CN)cc1Br. The molecular weight excluding hydrogens is 280 g/mol. The molecule has 96 valence electrons. The Morgan fingerprint density at radius 1 is 1.47 bits per heavy atom. The molecule has 0 saturated carbocycles. The van der Waals surface area contributed by atoms with E-state index in [-0.39, 0.29) is 0 Å². The summed E-state index contributed by atoms with van der Waals surface area (Å²) in [6, 6.07) is 6.19. The number of halogens is 1. The van der Waals surface area contributed by atoms with Gasteiger partial charge in [0.2, 0.25) is 0 Å². The van der Waals surface area contributed by atoms with Crippen LogP contribution in [0.15, 0.2) is 22.7 Å². The molecule has 0 aliphatic rings. The van der Waals surface area contributed by atoms with Crippen LogP contribution in [-0.2, 0) is 6.42 Å². The third-order valence-corrected chi connectivity index (χ3v) is 3.32. The van der Waals surface area contributed by atoms with Crippen molar-refractivity contribution in [3.63, 3.8) is 0 Å². The molecule has 0 saturated heterocycles. The van der Waals surface area contributed by atoms with E-state index in [0.29, 0.717) is 5.92 Å². The van der Waals surface area contributed by atoms with Gasteiger partial charge in [-0.25, -0.2) is 0 Å². The van der Waals surface area contributed by atoms with Crippen molar-refractivity contribution in [2.45, 2.75) is 13.3 Å². The fourth-order valence-corrected chi connectivity index (χ4v) is 2.12. The minimum atomic E-state index is 0.539. The Bertz CT molecular complexity index is 344. The highest BCUT2D eigenvalue weighted by molar-refractivity contribution is 9.10. The number of nitrogens with two attached hydrogens (primary N) is 1. The quantitative estimate of drug-likeness (QED) is 0.759. The normalized spacial score (nSPS) is 12.5. The van der Waals surface area contributed by atoms with Crippen LogP contribution in [0, 0.1) is 5.92 Å². The van der Waals surface area contributed by atoms with E-state index in [0.717, 1.165) is 36.3 Å². The second kappa shape index (κ2) is 7.69. The highest BCUT2D eigenvalue weighted by atomic mass is 79.9. The summed E-state index contributed by atoms with van der Waals surface area (Å²) in [5, 5.41) is 3.41. The first kappa shape index (κ1) is 14.5. The highest BCUT2D eigenvalue weighted by Gasteiger charge is 2.02. The molecule has 0 aliphatic carbocycles. The zero-order valence-corrected chi connectivity index (χ0v) is 12.1. The van der Waals surface area contributed by atoms with Crippen molar-refractivity contribution in [1.29, 1.82) is 0 Å². The summed E-state index contributed by atoms with van der Waals surface area (Å²) in [7, 11) is 1.68. The molecule has 4 heteroatoms. The van der Waals surface area contributed by atoms with Crippen molar-refractivity contribution >= 4 is 15.9 Å². The van der Waals surface area contributed by atoms with Crippen molar-refractivity contribution in [2.24, 2.45) is 11.7 Å². The molecular formula is C13H21BrN2O. The average Bonchev–Trinajstić information content (AvgIpc) is 2.34. The number of benzene rings is 1. The van der Waals surface area contributed by atoms with E-state index in [1.807, 2.05) is 6.07 Å². The Morgan fingerprint density at radius 2 is 2.24 bits per heavy atom. The fraction of sp³-hybridized carbons (Fsp3) is 0.538. The summed E-state index contributed by atoms with van der Waals surface area (Å²) >= 11 is 3.49. The molecule has 1 aromatic carbocycles. The zero-order valence-electron chi connectivity index (χ0n) is 10.5. The van der Waals surface area contributed by atoms with Gasteiger partial charge in [-0.15, -0.1) is 0 Å². The lowest BCUT2D eigenvalue weighted by atomic mass is 10.1. The molecule has 1 unspecified atom stereocenters. The second-order valence-corrected chi connectivity index (χ2v) is 5.12. The largest absolute Gasteiger partial charge is 0.496 e. The predicted molar refractivity (Wildman–Crippen MR) is 75.5 cm³/mol. The number of rotatable bonds is 7. The van der Waals surface area contributed by atoms with E-state index in [2.05, 4.69) is 40.3 Å². The zero-order chi connectivity index (χ0) is 12.7. The summed E-state index contributed by atoms with van der Waals surface area (Å²) in [4.78, 5) is 0. The van der Waals surface area contributed by atoms with Gasteiger partial charge in [0.25, 0.3) is 0 Å². The number of methoxy groups -OCH3 is 1. The topological polar surface area (TPSA) is 47.3 Å². The lowest BCUT2D eigenvalue weighted by molar-refractivity contribution is 0.412. The van der Waals surface area contributed by atoms with Crippen molar-refractivity contribution in [3.8, 4) is 5.75 Å². The molecule has 1 aromatic rings. The van der Waals surface area contributed by atoms with Gasteiger partial charge in [0.1, 0.15) is 5.75 Å². The Kier molecular flexibility index (Phi) is 6.55. The van der Waals surface area contributed by atoms with Crippen LogP contribution >= 0.6 is 15.9 Å². The van der Waals surface area contributed by atoms with Gasteiger partial charge in [0, 0.05) is 0 Å². The molecule has 0 amide bonds. The van der Waals surface area contributed by atoms with E-state index in [4.69, 9.17) is 10.5 Å². The molecule has 0 aromatic heterocycles. The predicted octanol–water partition coefficient (Wildman–Crippen LogP) is 2.18. The van der Waals surface area contributed by atoms with Gasteiger partial charge < -0.3 is 15.8 Å². The molecule has 0 heterocycles. The van der Waals surface area contributed by atoms with Crippen LogP contribution < -0.4 is 15.8 Å². The van der Waals surface area contributed by atoms with Crippen molar-refractivity contribution < 1.29 is 4.74 Å². The van der Waals surface area contributed by atoms with E-state index >= 15 is 0 Å². The lowest BCUT2D eigenvalue weighted by Crippen LogP contribution is -2.27. The van der Waals surface area contributed by atoms with Crippen LogP contribution in [0.3, 0.4) is 0 Å². The molecule has 1 atom stereocenters. The maximum Gasteiger partial charge on any atom is 0.133 e. The van der Waals surface area contributed by atoms with Gasteiger partial charge in [0.05, 0.1) is 11.6 Å². The number of hydrogen-bond acceptors (Lipinski definition) is 3. The second-order valence-electron chi connectivity index (χ2n) is 4.26. The summed E-state index contributed by atoms with van der Waals surface area (Å²) in [5.74, 6) is 1.41. The highest BCUT2D eigenvalue weighted by Crippen LogP contribution is 2.25. The molecule has 0 aliphatic heterocycles. The maximum atomic E-state index is 5.56. The molecule has 3 nitrogen and oxygen atoms in total. The fourth-order valence-electron chi connectivity index (χ4n) is 1.53. The van der Waals surface area contributed by atoms with Crippen molar-refractivity contribution in [2.75, 3.05) is 26.7 Å². The Hall–Kier alpha value is -0.580. The van der Waals surface area contributed by atoms with Gasteiger partial charge in [-0.3, -0.25) is 0 Å². The van der Waals surface area contributed by atoms with Crippen LogP contribution in [-0.4, -0.2) is 26.7 Å². The molecule has 1 rings (SSSR count). The van der Waals surface area contributed by atoms with E-state index in [1.165, 1.54) is 5.56 Å². The lowest BCUT2D eigenvalue weighted by Gasteiger charge is -2.10. The summed E-state index contributed by atoms with van der Waals surface area (Å²) in [5.41, 5.74) is 6.85.